The number of esters is 1. The molecule has 0 spiro atoms. The number of fused-ring (bicyclic) bond motifs is 4. The van der Waals surface area contributed by atoms with Crippen molar-refractivity contribution in [3.05, 3.63) is 64.1 Å². The van der Waals surface area contributed by atoms with Crippen LogP contribution in [0, 0.1) is 5.92 Å². The van der Waals surface area contributed by atoms with Gasteiger partial charge in [-0.1, -0.05) is 18.2 Å². The van der Waals surface area contributed by atoms with Crippen LogP contribution in [-0.2, 0) is 11.3 Å². The van der Waals surface area contributed by atoms with Crippen LogP contribution in [0.2, 0.25) is 0 Å². The number of likely N-dealkylation sites (tertiary alicyclic amines) is 1. The number of carbonyl (C=O) groups is 1. The minimum absolute atomic E-state index is 0.0726. The largest absolute Gasteiger partial charge is 0.465 e. The summed E-state index contributed by atoms with van der Waals surface area (Å²) in [6.45, 7) is 2.28. The summed E-state index contributed by atoms with van der Waals surface area (Å²) in [5.41, 5.74) is 2.25. The Labute approximate surface area is 162 Å². The van der Waals surface area contributed by atoms with E-state index in [2.05, 4.69) is 10.2 Å². The molecule has 4 rings (SSSR count). The average Bonchev–Trinajstić information content (AvgIpc) is 2.68. The topological polar surface area (TPSA) is 63.6 Å². The van der Waals surface area contributed by atoms with E-state index < -0.39 is 5.97 Å². The second-order valence-electron chi connectivity index (χ2n) is 7.07. The van der Waals surface area contributed by atoms with Crippen LogP contribution in [0.15, 0.2) is 47.3 Å². The minimum Gasteiger partial charge on any atom is -0.465 e. The second kappa shape index (κ2) is 7.15. The second-order valence-corrected chi connectivity index (χ2v) is 7.46. The highest BCUT2D eigenvalue weighted by molar-refractivity contribution is 7.80. The van der Waals surface area contributed by atoms with Crippen LogP contribution in [0.4, 0.5) is 5.69 Å². The third kappa shape index (κ3) is 3.35. The maximum atomic E-state index is 12.1. The fourth-order valence-electron chi connectivity index (χ4n) is 4.14. The van der Waals surface area contributed by atoms with E-state index in [-0.39, 0.29) is 11.5 Å². The highest BCUT2D eigenvalue weighted by Crippen LogP contribution is 2.35. The van der Waals surface area contributed by atoms with E-state index in [1.54, 1.807) is 18.2 Å². The lowest BCUT2D eigenvalue weighted by Crippen LogP contribution is -2.50. The fourth-order valence-corrected chi connectivity index (χ4v) is 4.40. The Hall–Kier alpha value is -2.67. The first-order valence-electron chi connectivity index (χ1n) is 9.00. The van der Waals surface area contributed by atoms with Gasteiger partial charge >= 0.3 is 5.97 Å². The number of para-hydroxylation sites is 1. The first kappa shape index (κ1) is 17.7. The SMILES string of the molecule is COC(=O)c1ccccc1NC(=S)N1C[C@@H]2C[C@@H](C1)c1cccc(=O)n1C2. The highest BCUT2D eigenvalue weighted by atomic mass is 32.1. The van der Waals surface area contributed by atoms with E-state index in [1.807, 2.05) is 28.8 Å². The van der Waals surface area contributed by atoms with Gasteiger partial charge in [0.05, 0.1) is 18.4 Å². The summed E-state index contributed by atoms with van der Waals surface area (Å²) in [5.74, 6) is 0.263. The number of ether oxygens (including phenoxy) is 1. The Morgan fingerprint density at radius 3 is 2.78 bits per heavy atom. The van der Waals surface area contributed by atoms with Crippen molar-refractivity contribution in [3.8, 4) is 0 Å². The smallest absolute Gasteiger partial charge is 0.339 e. The Morgan fingerprint density at radius 1 is 1.15 bits per heavy atom. The molecule has 0 radical (unpaired) electrons. The number of carbonyl (C=O) groups excluding carboxylic acids is 1. The van der Waals surface area contributed by atoms with Crippen LogP contribution >= 0.6 is 12.2 Å². The number of hydrogen-bond acceptors (Lipinski definition) is 4. The lowest BCUT2D eigenvalue weighted by atomic mass is 9.83. The van der Waals surface area contributed by atoms with Crippen LogP contribution in [-0.4, -0.2) is 40.7 Å². The van der Waals surface area contributed by atoms with Gasteiger partial charge in [-0.25, -0.2) is 4.79 Å². The normalized spacial score (nSPS) is 20.6. The summed E-state index contributed by atoms with van der Waals surface area (Å²) < 4.78 is 6.75. The zero-order valence-corrected chi connectivity index (χ0v) is 15.9. The molecule has 2 aromatic rings. The van der Waals surface area contributed by atoms with Gasteiger partial charge in [-0.15, -0.1) is 0 Å². The molecule has 3 heterocycles. The van der Waals surface area contributed by atoms with E-state index in [0.717, 1.165) is 31.7 Å². The summed E-state index contributed by atoms with van der Waals surface area (Å²) in [5, 5.41) is 3.80. The number of nitrogens with zero attached hydrogens (tertiary/aromatic N) is 2. The monoisotopic (exact) mass is 383 g/mol. The van der Waals surface area contributed by atoms with E-state index in [9.17, 15) is 9.59 Å². The van der Waals surface area contributed by atoms with Crippen LogP contribution in [0.3, 0.4) is 0 Å². The van der Waals surface area contributed by atoms with Crippen LogP contribution in [0.5, 0.6) is 0 Å². The zero-order valence-electron chi connectivity index (χ0n) is 15.1. The van der Waals surface area contributed by atoms with Crippen LogP contribution < -0.4 is 10.9 Å². The molecule has 1 N–H and O–H groups in total. The third-order valence-corrected chi connectivity index (χ3v) is 5.70. The number of aromatic nitrogens is 1. The van der Waals surface area contributed by atoms with Crippen molar-refractivity contribution in [1.29, 1.82) is 0 Å². The Balaban J connectivity index is 1.54. The van der Waals surface area contributed by atoms with Gasteiger partial charge in [0.25, 0.3) is 5.56 Å². The molecular formula is C20H21N3O3S. The Morgan fingerprint density at radius 2 is 1.96 bits per heavy atom. The van der Waals surface area contributed by atoms with Crippen molar-refractivity contribution in [2.24, 2.45) is 5.92 Å². The average molecular weight is 383 g/mol. The maximum Gasteiger partial charge on any atom is 0.339 e. The van der Waals surface area contributed by atoms with Gasteiger partial charge in [0.1, 0.15) is 0 Å². The molecule has 140 valence electrons. The minimum atomic E-state index is -0.398. The lowest BCUT2D eigenvalue weighted by Gasteiger charge is -2.43. The summed E-state index contributed by atoms with van der Waals surface area (Å²) in [7, 11) is 1.36. The quantitative estimate of drug-likeness (QED) is 0.635. The molecule has 0 amide bonds. The highest BCUT2D eigenvalue weighted by Gasteiger charge is 2.35. The molecule has 1 fully saturated rings. The number of nitrogens with one attached hydrogen (secondary N) is 1. The molecule has 2 atom stereocenters. The number of piperidine rings is 1. The number of anilines is 1. The van der Waals surface area contributed by atoms with Crippen molar-refractivity contribution >= 4 is 29.0 Å². The van der Waals surface area contributed by atoms with E-state index in [1.165, 1.54) is 7.11 Å². The van der Waals surface area contributed by atoms with Gasteiger partial charge in [-0.2, -0.15) is 0 Å². The van der Waals surface area contributed by atoms with Gasteiger partial charge in [-0.3, -0.25) is 4.79 Å². The number of rotatable bonds is 2. The summed E-state index contributed by atoms with van der Waals surface area (Å²) in [4.78, 5) is 26.3. The molecule has 7 heteroatoms. The molecule has 0 saturated carbocycles. The zero-order chi connectivity index (χ0) is 19.0. The van der Waals surface area contributed by atoms with Gasteiger partial charge in [-0.05, 0) is 42.8 Å². The Bertz CT molecular complexity index is 955. The molecule has 2 bridgehead atoms. The molecule has 0 unspecified atom stereocenters. The van der Waals surface area contributed by atoms with Crippen LogP contribution in [0.25, 0.3) is 0 Å². The maximum absolute atomic E-state index is 12.1. The summed E-state index contributed by atoms with van der Waals surface area (Å²) in [6.07, 6.45) is 1.07. The van der Waals surface area contributed by atoms with E-state index in [0.29, 0.717) is 22.3 Å². The number of thiocarbonyl (C=S) groups is 1. The number of methoxy groups -OCH3 is 1. The first-order valence-corrected chi connectivity index (χ1v) is 9.40. The fraction of sp³-hybridized carbons (Fsp3) is 0.350. The third-order valence-electron chi connectivity index (χ3n) is 5.34. The number of benzene rings is 1. The van der Waals surface area contributed by atoms with Gasteiger partial charge in [0.15, 0.2) is 5.11 Å². The molecule has 0 aliphatic carbocycles. The summed E-state index contributed by atoms with van der Waals surface area (Å²) >= 11 is 5.63. The predicted octanol–water partition coefficient (Wildman–Crippen LogP) is 2.45. The van der Waals surface area contributed by atoms with E-state index >= 15 is 0 Å². The Kier molecular flexibility index (Phi) is 4.70. The van der Waals surface area contributed by atoms with Crippen molar-refractivity contribution in [3.63, 3.8) is 0 Å². The van der Waals surface area contributed by atoms with Crippen molar-refractivity contribution in [2.75, 3.05) is 25.5 Å². The molecule has 1 aromatic carbocycles. The molecule has 1 saturated heterocycles. The van der Waals surface area contributed by atoms with Crippen molar-refractivity contribution < 1.29 is 9.53 Å². The number of pyridine rings is 1. The van der Waals surface area contributed by atoms with Gasteiger partial charge < -0.3 is 19.5 Å². The molecule has 2 aliphatic rings. The molecule has 1 aromatic heterocycles. The molecule has 27 heavy (non-hydrogen) atoms. The molecule has 6 nitrogen and oxygen atoms in total. The molecule has 2 aliphatic heterocycles. The van der Waals surface area contributed by atoms with Crippen molar-refractivity contribution in [2.45, 2.75) is 18.9 Å². The lowest BCUT2D eigenvalue weighted by molar-refractivity contribution is 0.0602. The molecular weight excluding hydrogens is 362 g/mol. The first-order chi connectivity index (χ1) is 13.1. The standard InChI is InChI=1S/C20H21N3O3S/c1-26-19(25)15-5-2-3-6-16(15)21-20(27)22-10-13-9-14(12-22)17-7-4-8-18(24)23(17)11-13/h2-8,13-14H,9-12H2,1H3,(H,21,27)/t13-,14-/m0/s1. The van der Waals surface area contributed by atoms with Gasteiger partial charge in [0.2, 0.25) is 0 Å². The summed E-state index contributed by atoms with van der Waals surface area (Å²) in [6, 6.07) is 12.7. The van der Waals surface area contributed by atoms with E-state index in [4.69, 9.17) is 17.0 Å². The van der Waals surface area contributed by atoms with Crippen molar-refractivity contribution in [1.82, 2.24) is 9.47 Å². The van der Waals surface area contributed by atoms with Gasteiger partial charge in [0, 0.05) is 37.3 Å². The number of hydrogen-bond donors (Lipinski definition) is 1. The van der Waals surface area contributed by atoms with Crippen LogP contribution in [0.1, 0.15) is 28.4 Å². The predicted molar refractivity (Wildman–Crippen MR) is 107 cm³/mol.